The average molecular weight is 492 g/mol. The summed E-state index contributed by atoms with van der Waals surface area (Å²) >= 11 is 1.53. The minimum atomic E-state index is -3.67. The lowest BCUT2D eigenvalue weighted by Crippen LogP contribution is -2.36. The number of fused-ring (bicyclic) bond motifs is 1. The SMILES string of the molecule is Cc1noc(C)c1S(=O)(=O)N1CCCN(CCC(=O)Nc2sc3c(c2C#N)CCCC3)CC1. The summed E-state index contributed by atoms with van der Waals surface area (Å²) in [7, 11) is -3.67. The van der Waals surface area contributed by atoms with E-state index in [0.717, 1.165) is 37.8 Å². The summed E-state index contributed by atoms with van der Waals surface area (Å²) in [6.45, 7) is 5.82. The molecule has 0 spiro atoms. The van der Waals surface area contributed by atoms with E-state index in [0.29, 0.717) is 61.0 Å². The van der Waals surface area contributed by atoms with E-state index < -0.39 is 10.0 Å². The molecule has 11 heteroatoms. The van der Waals surface area contributed by atoms with Gasteiger partial charge in [-0.15, -0.1) is 11.3 Å². The monoisotopic (exact) mass is 491 g/mol. The van der Waals surface area contributed by atoms with Gasteiger partial charge in [0.05, 0.1) is 5.56 Å². The molecule has 2 aliphatic rings. The molecule has 1 N–H and O–H groups in total. The molecule has 0 aromatic carbocycles. The van der Waals surface area contributed by atoms with Crippen LogP contribution in [0.2, 0.25) is 0 Å². The lowest BCUT2D eigenvalue weighted by Gasteiger charge is -2.21. The molecule has 0 bridgehead atoms. The van der Waals surface area contributed by atoms with Crippen molar-refractivity contribution in [2.75, 3.05) is 38.0 Å². The van der Waals surface area contributed by atoms with Crippen LogP contribution in [-0.2, 0) is 27.7 Å². The Morgan fingerprint density at radius 1 is 1.18 bits per heavy atom. The van der Waals surface area contributed by atoms with Gasteiger partial charge in [-0.05, 0) is 58.1 Å². The molecular weight excluding hydrogens is 462 g/mol. The quantitative estimate of drug-likeness (QED) is 0.660. The number of aryl methyl sites for hydroxylation is 3. The van der Waals surface area contributed by atoms with Gasteiger partial charge in [-0.2, -0.15) is 9.57 Å². The fourth-order valence-corrected chi connectivity index (χ4v) is 7.62. The Kier molecular flexibility index (Phi) is 7.19. The largest absolute Gasteiger partial charge is 0.360 e. The second-order valence-electron chi connectivity index (χ2n) is 8.58. The molecule has 0 radical (unpaired) electrons. The molecule has 0 atom stereocenters. The number of anilines is 1. The minimum Gasteiger partial charge on any atom is -0.360 e. The van der Waals surface area contributed by atoms with E-state index >= 15 is 0 Å². The number of nitrogens with one attached hydrogen (secondary N) is 1. The van der Waals surface area contributed by atoms with Gasteiger partial charge in [0.2, 0.25) is 15.9 Å². The van der Waals surface area contributed by atoms with Gasteiger partial charge in [-0.25, -0.2) is 8.42 Å². The van der Waals surface area contributed by atoms with Crippen LogP contribution < -0.4 is 5.32 Å². The molecule has 0 saturated carbocycles. The Morgan fingerprint density at radius 3 is 2.70 bits per heavy atom. The molecule has 4 rings (SSSR count). The predicted molar refractivity (Wildman–Crippen MR) is 125 cm³/mol. The number of amides is 1. The Bertz CT molecular complexity index is 1160. The van der Waals surface area contributed by atoms with Crippen molar-refractivity contribution in [2.24, 2.45) is 0 Å². The molecule has 2 aromatic rings. The standard InChI is InChI=1S/C22H29N5O4S2/c1-15-21(16(2)31-25-15)33(29,30)27-10-5-9-26(12-13-27)11-8-20(28)24-22-18(14-23)17-6-3-4-7-19(17)32-22/h3-13H2,1-2H3,(H,24,28). The Morgan fingerprint density at radius 2 is 1.97 bits per heavy atom. The predicted octanol–water partition coefficient (Wildman–Crippen LogP) is 2.83. The summed E-state index contributed by atoms with van der Waals surface area (Å²) in [5.41, 5.74) is 2.10. The van der Waals surface area contributed by atoms with Crippen LogP contribution in [0.5, 0.6) is 0 Å². The van der Waals surface area contributed by atoms with Crippen LogP contribution in [0.15, 0.2) is 9.42 Å². The van der Waals surface area contributed by atoms with Crippen molar-refractivity contribution < 1.29 is 17.7 Å². The van der Waals surface area contributed by atoms with E-state index in [2.05, 4.69) is 21.4 Å². The van der Waals surface area contributed by atoms with Gasteiger partial charge < -0.3 is 14.7 Å². The normalized spacial score (nSPS) is 17.8. The van der Waals surface area contributed by atoms with Crippen molar-refractivity contribution in [3.8, 4) is 6.07 Å². The number of rotatable bonds is 6. The van der Waals surface area contributed by atoms with Gasteiger partial charge in [-0.1, -0.05) is 5.16 Å². The van der Waals surface area contributed by atoms with Crippen molar-refractivity contribution in [1.29, 1.82) is 5.26 Å². The van der Waals surface area contributed by atoms with E-state index in [4.69, 9.17) is 4.52 Å². The maximum atomic E-state index is 13.1. The van der Waals surface area contributed by atoms with Crippen molar-refractivity contribution in [1.82, 2.24) is 14.4 Å². The first-order chi connectivity index (χ1) is 15.8. The van der Waals surface area contributed by atoms with E-state index in [-0.39, 0.29) is 10.8 Å². The second-order valence-corrected chi connectivity index (χ2v) is 11.6. The number of carbonyl (C=O) groups is 1. The van der Waals surface area contributed by atoms with Crippen molar-refractivity contribution in [2.45, 2.75) is 57.3 Å². The smallest absolute Gasteiger partial charge is 0.248 e. The van der Waals surface area contributed by atoms with Gasteiger partial charge in [-0.3, -0.25) is 4.79 Å². The van der Waals surface area contributed by atoms with Crippen LogP contribution in [-0.4, -0.2) is 61.4 Å². The second kappa shape index (κ2) is 9.93. The van der Waals surface area contributed by atoms with E-state index in [9.17, 15) is 18.5 Å². The number of sulfonamides is 1. The van der Waals surface area contributed by atoms with Gasteiger partial charge >= 0.3 is 0 Å². The third-order valence-corrected chi connectivity index (χ3v) is 9.66. The first kappa shape index (κ1) is 23.9. The first-order valence-electron chi connectivity index (χ1n) is 11.3. The van der Waals surface area contributed by atoms with Crippen molar-refractivity contribution >= 4 is 32.3 Å². The highest BCUT2D eigenvalue weighted by atomic mass is 32.2. The average Bonchev–Trinajstić information content (AvgIpc) is 3.19. The summed E-state index contributed by atoms with van der Waals surface area (Å²) in [5.74, 6) is 0.187. The molecule has 3 heterocycles. The van der Waals surface area contributed by atoms with Crippen molar-refractivity contribution in [3.05, 3.63) is 27.5 Å². The van der Waals surface area contributed by atoms with Crippen LogP contribution in [0.3, 0.4) is 0 Å². The fourth-order valence-electron chi connectivity index (χ4n) is 4.60. The van der Waals surface area contributed by atoms with E-state index in [1.807, 2.05) is 0 Å². The zero-order valence-corrected chi connectivity index (χ0v) is 20.6. The van der Waals surface area contributed by atoms with Gasteiger partial charge in [0, 0.05) is 37.5 Å². The maximum absolute atomic E-state index is 13.1. The van der Waals surface area contributed by atoms with Crippen LogP contribution >= 0.6 is 11.3 Å². The molecule has 1 amide bonds. The van der Waals surface area contributed by atoms with Crippen LogP contribution in [0.4, 0.5) is 5.00 Å². The lowest BCUT2D eigenvalue weighted by atomic mass is 9.96. The summed E-state index contributed by atoms with van der Waals surface area (Å²) in [6, 6.07) is 2.27. The number of aromatic nitrogens is 1. The third-order valence-electron chi connectivity index (χ3n) is 6.30. The van der Waals surface area contributed by atoms with Crippen molar-refractivity contribution in [3.63, 3.8) is 0 Å². The molecule has 1 aliphatic heterocycles. The molecule has 1 saturated heterocycles. The zero-order chi connectivity index (χ0) is 23.6. The number of nitrogens with zero attached hydrogens (tertiary/aromatic N) is 4. The van der Waals surface area contributed by atoms with Crippen LogP contribution in [0, 0.1) is 25.2 Å². The molecular formula is C22H29N5O4S2. The van der Waals surface area contributed by atoms with Crippen LogP contribution in [0.25, 0.3) is 0 Å². The highest BCUT2D eigenvalue weighted by molar-refractivity contribution is 7.89. The molecule has 178 valence electrons. The highest BCUT2D eigenvalue weighted by Gasteiger charge is 2.32. The van der Waals surface area contributed by atoms with Gasteiger partial charge in [0.1, 0.15) is 21.7 Å². The first-order valence-corrected chi connectivity index (χ1v) is 13.6. The summed E-state index contributed by atoms with van der Waals surface area (Å²) in [4.78, 5) is 16.1. The molecule has 33 heavy (non-hydrogen) atoms. The summed E-state index contributed by atoms with van der Waals surface area (Å²) in [5, 5.41) is 17.0. The van der Waals surface area contributed by atoms with Gasteiger partial charge in [0.25, 0.3) is 0 Å². The number of carbonyl (C=O) groups excluding carboxylic acids is 1. The number of hydrogen-bond acceptors (Lipinski definition) is 8. The Hall–Kier alpha value is -2.26. The Balaban J connectivity index is 1.33. The highest BCUT2D eigenvalue weighted by Crippen LogP contribution is 2.37. The molecule has 9 nitrogen and oxygen atoms in total. The van der Waals surface area contributed by atoms with Gasteiger partial charge in [0.15, 0.2) is 5.76 Å². The lowest BCUT2D eigenvalue weighted by molar-refractivity contribution is -0.116. The van der Waals surface area contributed by atoms with E-state index in [1.165, 1.54) is 20.5 Å². The minimum absolute atomic E-state index is 0.116. The Labute approximate surface area is 198 Å². The van der Waals surface area contributed by atoms with Crippen LogP contribution in [0.1, 0.15) is 53.1 Å². The summed E-state index contributed by atoms with van der Waals surface area (Å²) < 4.78 is 32.7. The number of nitriles is 1. The fraction of sp³-hybridized carbons (Fsp3) is 0.591. The maximum Gasteiger partial charge on any atom is 0.248 e. The summed E-state index contributed by atoms with van der Waals surface area (Å²) in [6.07, 6.45) is 5.08. The molecule has 2 aromatic heterocycles. The topological polar surface area (TPSA) is 120 Å². The molecule has 0 unspecified atom stereocenters. The number of thiophene rings is 1. The zero-order valence-electron chi connectivity index (χ0n) is 19.0. The number of hydrogen-bond donors (Lipinski definition) is 1. The molecule has 1 aliphatic carbocycles. The third kappa shape index (κ3) is 4.99. The van der Waals surface area contributed by atoms with E-state index in [1.54, 1.807) is 13.8 Å². The molecule has 1 fully saturated rings.